The number of hydrogen-bond donors (Lipinski definition) is 1. The van der Waals surface area contributed by atoms with Crippen LogP contribution in [0.3, 0.4) is 0 Å². The Balaban J connectivity index is 0.00000121. The van der Waals surface area contributed by atoms with Gasteiger partial charge in [0.05, 0.1) is 17.3 Å². The summed E-state index contributed by atoms with van der Waals surface area (Å²) in [5.74, 6) is -2.09. The van der Waals surface area contributed by atoms with E-state index in [4.69, 9.17) is 5.11 Å². The molecule has 0 aliphatic heterocycles. The van der Waals surface area contributed by atoms with Crippen LogP contribution in [0, 0.1) is 10.1 Å². The maximum absolute atomic E-state index is 10.2. The molecule has 1 aromatic rings. The van der Waals surface area contributed by atoms with Gasteiger partial charge in [-0.2, -0.15) is 0 Å². The van der Waals surface area contributed by atoms with Crippen molar-refractivity contribution in [2.45, 2.75) is 0 Å². The number of carboxylic acids is 1. The van der Waals surface area contributed by atoms with Crippen molar-refractivity contribution in [1.82, 2.24) is 0 Å². The lowest BCUT2D eigenvalue weighted by Crippen LogP contribution is -1.98. The number of carbonyl (C=O) groups is 1. The second kappa shape index (κ2) is 3.72. The summed E-state index contributed by atoms with van der Waals surface area (Å²) in [5.41, 5.74) is -0.530. The molecule has 12 heavy (non-hydrogen) atoms. The third-order valence-electron chi connectivity index (χ3n) is 1.04. The summed E-state index contributed by atoms with van der Waals surface area (Å²) in [7, 11) is 0. The Kier molecular flexibility index (Phi) is 3.24. The van der Waals surface area contributed by atoms with Crippen LogP contribution in [0.25, 0.3) is 0 Å². The molecule has 1 rings (SSSR count). The molecule has 0 amide bonds. The highest BCUT2D eigenvalue weighted by Crippen LogP contribution is 2.18. The van der Waals surface area contributed by atoms with Crippen LogP contribution in [0.1, 0.15) is 10.6 Å². The minimum Gasteiger partial charge on any atom is -0.475 e. The molecule has 6 nitrogen and oxygen atoms in total. The largest absolute Gasteiger partial charge is 0.475 e. The average Bonchev–Trinajstić information content (AvgIpc) is 2.32. The Hall–Kier alpha value is -1.56. The predicted molar refractivity (Wildman–Crippen MR) is 39.6 cm³/mol. The first-order valence-corrected chi connectivity index (χ1v) is 2.58. The maximum atomic E-state index is 10.2. The molecule has 1 aromatic heterocycles. The van der Waals surface area contributed by atoms with E-state index in [9.17, 15) is 14.9 Å². The van der Waals surface area contributed by atoms with Crippen molar-refractivity contribution in [1.29, 1.82) is 0 Å². The van der Waals surface area contributed by atoms with Gasteiger partial charge < -0.3 is 9.52 Å². The van der Waals surface area contributed by atoms with Gasteiger partial charge in [-0.3, -0.25) is 10.1 Å². The lowest BCUT2D eigenvalue weighted by Gasteiger charge is -1.85. The lowest BCUT2D eigenvalue weighted by atomic mass is 10.4. The quantitative estimate of drug-likeness (QED) is 0.565. The van der Waals surface area contributed by atoms with Gasteiger partial charge in [-0.25, -0.2) is 4.79 Å². The Morgan fingerprint density at radius 1 is 1.67 bits per heavy atom. The summed E-state index contributed by atoms with van der Waals surface area (Å²) in [4.78, 5) is 19.4. The highest BCUT2D eigenvalue weighted by atomic mass is 35.5. The smallest absolute Gasteiger partial charge is 0.379 e. The maximum Gasteiger partial charge on any atom is 0.379 e. The molecule has 0 saturated heterocycles. The number of hydrogen-bond acceptors (Lipinski definition) is 4. The van der Waals surface area contributed by atoms with E-state index >= 15 is 0 Å². The number of carboxylic acid groups (broad SMARTS) is 1. The first-order chi connectivity index (χ1) is 5.13. The number of nitrogens with zero attached hydrogens (tertiary/aromatic N) is 1. The summed E-state index contributed by atoms with van der Waals surface area (Å²) in [6, 6.07) is 0.990. The molecule has 0 radical (unpaired) electrons. The van der Waals surface area contributed by atoms with Crippen LogP contribution in [0.2, 0.25) is 0 Å². The molecule has 0 aromatic carbocycles. The van der Waals surface area contributed by atoms with Gasteiger partial charge in [0.2, 0.25) is 0 Å². The van der Waals surface area contributed by atoms with Crippen LogP contribution < -0.4 is 0 Å². The van der Waals surface area contributed by atoms with Gasteiger partial charge in [-0.15, -0.1) is 12.4 Å². The standard InChI is InChI=1S/C5H3NO5.ClH/c7-5(8)4-3(6(9)10)1-2-11-4;/h1-2H,(H,7,8);1H. The Morgan fingerprint density at radius 2 is 2.25 bits per heavy atom. The van der Waals surface area contributed by atoms with Gasteiger partial charge in [-0.05, 0) is 0 Å². The topological polar surface area (TPSA) is 93.6 Å². The Labute approximate surface area is 72.4 Å². The first kappa shape index (κ1) is 10.4. The van der Waals surface area contributed by atoms with Crippen LogP contribution in [0.5, 0.6) is 0 Å². The molecule has 1 heterocycles. The summed E-state index contributed by atoms with van der Waals surface area (Å²) < 4.78 is 4.35. The zero-order valence-corrected chi connectivity index (χ0v) is 6.41. The van der Waals surface area contributed by atoms with E-state index in [2.05, 4.69) is 4.42 Å². The van der Waals surface area contributed by atoms with Gasteiger partial charge in [-0.1, -0.05) is 0 Å². The molecule has 0 fully saturated rings. The third kappa shape index (κ3) is 1.73. The van der Waals surface area contributed by atoms with E-state index in [1.54, 1.807) is 0 Å². The lowest BCUT2D eigenvalue weighted by molar-refractivity contribution is -0.385. The molecular weight excluding hydrogens is 190 g/mol. The number of nitro groups is 1. The monoisotopic (exact) mass is 193 g/mol. The number of halogens is 1. The van der Waals surface area contributed by atoms with E-state index in [0.717, 1.165) is 12.3 Å². The van der Waals surface area contributed by atoms with Gasteiger partial charge in [0.15, 0.2) is 0 Å². The van der Waals surface area contributed by atoms with Gasteiger partial charge >= 0.3 is 11.7 Å². The van der Waals surface area contributed by atoms with Crippen LogP contribution in [-0.4, -0.2) is 16.0 Å². The van der Waals surface area contributed by atoms with E-state index in [-0.39, 0.29) is 12.4 Å². The first-order valence-electron chi connectivity index (χ1n) is 2.58. The van der Waals surface area contributed by atoms with Gasteiger partial charge in [0.1, 0.15) is 0 Å². The van der Waals surface area contributed by atoms with E-state index in [1.807, 2.05) is 0 Å². The second-order valence-corrected chi connectivity index (χ2v) is 1.70. The number of rotatable bonds is 2. The number of furan rings is 1. The summed E-state index contributed by atoms with van der Waals surface area (Å²) in [6.45, 7) is 0. The van der Waals surface area contributed by atoms with Crippen molar-refractivity contribution >= 4 is 24.1 Å². The number of aromatic carboxylic acids is 1. The Bertz CT molecular complexity index is 278. The zero-order chi connectivity index (χ0) is 8.43. The van der Waals surface area contributed by atoms with Crippen LogP contribution in [0.4, 0.5) is 5.69 Å². The average molecular weight is 194 g/mol. The second-order valence-electron chi connectivity index (χ2n) is 1.70. The molecule has 0 aliphatic rings. The molecule has 66 valence electrons. The van der Waals surface area contributed by atoms with Crippen LogP contribution in [0.15, 0.2) is 16.7 Å². The molecule has 0 aliphatic carbocycles. The fraction of sp³-hybridized carbons (Fsp3) is 0. The molecular formula is C5H4ClNO5. The summed E-state index contributed by atoms with van der Waals surface area (Å²) in [6.07, 6.45) is 0.960. The zero-order valence-electron chi connectivity index (χ0n) is 5.59. The molecule has 1 N–H and O–H groups in total. The SMILES string of the molecule is Cl.O=C(O)c1occc1[N+](=O)[O-]. The highest BCUT2D eigenvalue weighted by molar-refractivity contribution is 5.88. The van der Waals surface area contributed by atoms with Crippen molar-refractivity contribution in [2.24, 2.45) is 0 Å². The van der Waals surface area contributed by atoms with Crippen molar-refractivity contribution in [3.8, 4) is 0 Å². The molecule has 0 atom stereocenters. The predicted octanol–water partition coefficient (Wildman–Crippen LogP) is 1.31. The van der Waals surface area contributed by atoms with Gasteiger partial charge in [0, 0.05) is 0 Å². The highest BCUT2D eigenvalue weighted by Gasteiger charge is 2.22. The summed E-state index contributed by atoms with van der Waals surface area (Å²) >= 11 is 0. The minimum absolute atomic E-state index is 0. The minimum atomic E-state index is -1.44. The molecule has 0 saturated carbocycles. The van der Waals surface area contributed by atoms with E-state index < -0.39 is 22.3 Å². The summed E-state index contributed by atoms with van der Waals surface area (Å²) in [5, 5.41) is 18.4. The van der Waals surface area contributed by atoms with Crippen LogP contribution >= 0.6 is 12.4 Å². The Morgan fingerprint density at radius 3 is 2.58 bits per heavy atom. The van der Waals surface area contributed by atoms with Crippen molar-refractivity contribution in [3.63, 3.8) is 0 Å². The van der Waals surface area contributed by atoms with Crippen molar-refractivity contribution in [3.05, 3.63) is 28.2 Å². The molecule has 0 bridgehead atoms. The fourth-order valence-electron chi connectivity index (χ4n) is 0.606. The van der Waals surface area contributed by atoms with Crippen molar-refractivity contribution in [2.75, 3.05) is 0 Å². The third-order valence-corrected chi connectivity index (χ3v) is 1.04. The van der Waals surface area contributed by atoms with Crippen molar-refractivity contribution < 1.29 is 19.2 Å². The van der Waals surface area contributed by atoms with Crippen LogP contribution in [-0.2, 0) is 0 Å². The molecule has 0 spiro atoms. The normalized spacial score (nSPS) is 8.67. The van der Waals surface area contributed by atoms with E-state index in [1.165, 1.54) is 0 Å². The molecule has 0 unspecified atom stereocenters. The fourth-order valence-corrected chi connectivity index (χ4v) is 0.606. The molecule has 7 heteroatoms. The van der Waals surface area contributed by atoms with E-state index in [0.29, 0.717) is 0 Å². The van der Waals surface area contributed by atoms with Gasteiger partial charge in [0.25, 0.3) is 5.76 Å².